The predicted molar refractivity (Wildman–Crippen MR) is 91.0 cm³/mol. The van der Waals surface area contributed by atoms with Crippen molar-refractivity contribution in [3.8, 4) is 11.4 Å². The Bertz CT molecular complexity index is 709. The standard InChI is InChI=1S/C16H21N3OS2/c21-16-18-17-15(19(16)9-11-5-4-8-20-11)13-10-22-14-7-3-1-2-6-12(13)14/h10-11H,1-9H2,(H,18,21)/t11-/m1/s1. The Morgan fingerprint density at radius 3 is 3.09 bits per heavy atom. The van der Waals surface area contributed by atoms with Crippen molar-refractivity contribution in [3.05, 3.63) is 20.6 Å². The van der Waals surface area contributed by atoms with E-state index >= 15 is 0 Å². The van der Waals surface area contributed by atoms with Crippen molar-refractivity contribution >= 4 is 23.6 Å². The van der Waals surface area contributed by atoms with Crippen LogP contribution in [0, 0.1) is 4.77 Å². The van der Waals surface area contributed by atoms with Crippen LogP contribution in [0.2, 0.25) is 0 Å². The summed E-state index contributed by atoms with van der Waals surface area (Å²) < 4.78 is 8.62. The fourth-order valence-corrected chi connectivity index (χ4v) is 4.87. The van der Waals surface area contributed by atoms with Crippen LogP contribution in [0.5, 0.6) is 0 Å². The molecule has 0 bridgehead atoms. The van der Waals surface area contributed by atoms with Crippen LogP contribution in [0.25, 0.3) is 11.4 Å². The summed E-state index contributed by atoms with van der Waals surface area (Å²) in [6.07, 6.45) is 8.88. The van der Waals surface area contributed by atoms with Crippen LogP contribution in [0.4, 0.5) is 0 Å². The average molecular weight is 335 g/mol. The maximum Gasteiger partial charge on any atom is 0.195 e. The molecule has 1 fully saturated rings. The summed E-state index contributed by atoms with van der Waals surface area (Å²) in [5.74, 6) is 1.000. The highest BCUT2D eigenvalue weighted by Crippen LogP contribution is 2.35. The van der Waals surface area contributed by atoms with Gasteiger partial charge >= 0.3 is 0 Å². The number of rotatable bonds is 3. The van der Waals surface area contributed by atoms with Gasteiger partial charge in [-0.15, -0.1) is 11.3 Å². The number of H-pyrrole nitrogens is 1. The molecule has 0 amide bonds. The van der Waals surface area contributed by atoms with Crippen molar-refractivity contribution < 1.29 is 4.74 Å². The Hall–Kier alpha value is -0.980. The molecule has 4 rings (SSSR count). The quantitative estimate of drug-likeness (QED) is 0.678. The zero-order valence-electron chi connectivity index (χ0n) is 12.6. The minimum atomic E-state index is 0.278. The highest BCUT2D eigenvalue weighted by Gasteiger charge is 2.22. The van der Waals surface area contributed by atoms with Crippen molar-refractivity contribution in [2.24, 2.45) is 0 Å². The van der Waals surface area contributed by atoms with Crippen molar-refractivity contribution in [1.82, 2.24) is 14.8 Å². The second-order valence-corrected chi connectivity index (χ2v) is 7.56. The molecule has 2 aromatic rings. The van der Waals surface area contributed by atoms with Gasteiger partial charge in [0.15, 0.2) is 10.6 Å². The Morgan fingerprint density at radius 1 is 1.32 bits per heavy atom. The molecular formula is C16H21N3OS2. The number of hydrogen-bond acceptors (Lipinski definition) is 4. The summed E-state index contributed by atoms with van der Waals surface area (Å²) in [5.41, 5.74) is 2.79. The molecule has 1 aliphatic carbocycles. The molecular weight excluding hydrogens is 314 g/mol. The fraction of sp³-hybridized carbons (Fsp3) is 0.625. The molecule has 0 spiro atoms. The second-order valence-electron chi connectivity index (χ2n) is 6.21. The first-order valence-electron chi connectivity index (χ1n) is 8.19. The molecule has 1 N–H and O–H groups in total. The van der Waals surface area contributed by atoms with Gasteiger partial charge < -0.3 is 4.74 Å². The zero-order valence-corrected chi connectivity index (χ0v) is 14.3. The first-order valence-corrected chi connectivity index (χ1v) is 9.48. The highest BCUT2D eigenvalue weighted by atomic mass is 32.1. The van der Waals surface area contributed by atoms with Crippen LogP contribution in [-0.2, 0) is 24.1 Å². The third-order valence-electron chi connectivity index (χ3n) is 4.72. The molecule has 0 unspecified atom stereocenters. The van der Waals surface area contributed by atoms with Crippen LogP contribution < -0.4 is 0 Å². The van der Waals surface area contributed by atoms with Gasteiger partial charge in [0.2, 0.25) is 0 Å². The molecule has 0 saturated carbocycles. The Morgan fingerprint density at radius 2 is 2.23 bits per heavy atom. The van der Waals surface area contributed by atoms with E-state index in [1.807, 2.05) is 11.3 Å². The lowest BCUT2D eigenvalue weighted by atomic mass is 10.1. The van der Waals surface area contributed by atoms with Gasteiger partial charge in [-0.3, -0.25) is 9.67 Å². The number of nitrogens with zero attached hydrogens (tertiary/aromatic N) is 2. The monoisotopic (exact) mass is 335 g/mol. The van der Waals surface area contributed by atoms with Gasteiger partial charge in [-0.1, -0.05) is 6.42 Å². The average Bonchev–Trinajstić information content (AvgIpc) is 3.20. The predicted octanol–water partition coefficient (Wildman–Crippen LogP) is 4.12. The van der Waals surface area contributed by atoms with Gasteiger partial charge in [0.25, 0.3) is 0 Å². The van der Waals surface area contributed by atoms with E-state index in [1.165, 1.54) is 43.2 Å². The molecule has 2 aliphatic rings. The third-order valence-corrected chi connectivity index (χ3v) is 6.12. The molecule has 22 heavy (non-hydrogen) atoms. The number of aryl methyl sites for hydroxylation is 1. The zero-order chi connectivity index (χ0) is 14.9. The minimum absolute atomic E-state index is 0.278. The molecule has 2 aromatic heterocycles. The first-order chi connectivity index (χ1) is 10.8. The van der Waals surface area contributed by atoms with Crippen molar-refractivity contribution in [1.29, 1.82) is 0 Å². The number of fused-ring (bicyclic) bond motifs is 1. The van der Waals surface area contributed by atoms with Crippen LogP contribution in [-0.4, -0.2) is 27.5 Å². The number of hydrogen-bond donors (Lipinski definition) is 1. The highest BCUT2D eigenvalue weighted by molar-refractivity contribution is 7.71. The van der Waals surface area contributed by atoms with E-state index < -0.39 is 0 Å². The Labute approximate surface area is 139 Å². The van der Waals surface area contributed by atoms with E-state index in [0.29, 0.717) is 4.77 Å². The van der Waals surface area contributed by atoms with E-state index in [0.717, 1.165) is 31.8 Å². The summed E-state index contributed by atoms with van der Waals surface area (Å²) in [6.45, 7) is 1.69. The number of nitrogens with one attached hydrogen (secondary N) is 1. The van der Waals surface area contributed by atoms with E-state index in [-0.39, 0.29) is 6.10 Å². The number of thiophene rings is 1. The van der Waals surface area contributed by atoms with Gasteiger partial charge in [-0.25, -0.2) is 0 Å². The third kappa shape index (κ3) is 2.68. The van der Waals surface area contributed by atoms with Gasteiger partial charge in [-0.05, 0) is 56.3 Å². The molecule has 0 radical (unpaired) electrons. The summed E-state index contributed by atoms with van der Waals surface area (Å²) in [4.78, 5) is 1.55. The lowest BCUT2D eigenvalue weighted by molar-refractivity contribution is 0.0970. The van der Waals surface area contributed by atoms with Crippen LogP contribution in [0.1, 0.15) is 42.5 Å². The molecule has 6 heteroatoms. The first kappa shape index (κ1) is 14.6. The van der Waals surface area contributed by atoms with Crippen molar-refractivity contribution in [3.63, 3.8) is 0 Å². The number of aromatic nitrogens is 3. The van der Waals surface area contributed by atoms with E-state index in [1.54, 1.807) is 4.88 Å². The summed E-state index contributed by atoms with van der Waals surface area (Å²) in [5, 5.41) is 9.79. The lowest BCUT2D eigenvalue weighted by Crippen LogP contribution is -2.16. The molecule has 1 saturated heterocycles. The molecule has 4 nitrogen and oxygen atoms in total. The normalized spacial score (nSPS) is 21.7. The summed E-state index contributed by atoms with van der Waals surface area (Å²) in [6, 6.07) is 0. The Balaban J connectivity index is 1.71. The number of aromatic amines is 1. The maximum absolute atomic E-state index is 5.78. The summed E-state index contributed by atoms with van der Waals surface area (Å²) in [7, 11) is 0. The van der Waals surface area contributed by atoms with Crippen LogP contribution in [0.15, 0.2) is 5.38 Å². The van der Waals surface area contributed by atoms with Crippen LogP contribution >= 0.6 is 23.6 Å². The number of ether oxygens (including phenoxy) is 1. The molecule has 0 aromatic carbocycles. The topological polar surface area (TPSA) is 42.8 Å². The van der Waals surface area contributed by atoms with Crippen molar-refractivity contribution in [2.75, 3.05) is 6.61 Å². The van der Waals surface area contributed by atoms with Crippen LogP contribution in [0.3, 0.4) is 0 Å². The van der Waals surface area contributed by atoms with Gasteiger partial charge in [0, 0.05) is 22.4 Å². The largest absolute Gasteiger partial charge is 0.376 e. The fourth-order valence-electron chi connectivity index (χ4n) is 3.54. The van der Waals surface area contributed by atoms with Gasteiger partial charge in [0.05, 0.1) is 12.6 Å². The molecule has 3 heterocycles. The molecule has 1 atom stereocenters. The van der Waals surface area contributed by atoms with E-state index in [4.69, 9.17) is 17.0 Å². The maximum atomic E-state index is 5.78. The summed E-state index contributed by atoms with van der Waals surface area (Å²) >= 11 is 7.34. The molecule has 118 valence electrons. The molecule has 1 aliphatic heterocycles. The van der Waals surface area contributed by atoms with E-state index in [2.05, 4.69) is 20.1 Å². The van der Waals surface area contributed by atoms with Gasteiger partial charge in [-0.2, -0.15) is 5.10 Å². The SMILES string of the molecule is S=c1[nH]nc(-c2csc3c2CCCCC3)n1C[C@H]1CCCO1. The lowest BCUT2D eigenvalue weighted by Gasteiger charge is -2.12. The second kappa shape index (κ2) is 6.26. The smallest absolute Gasteiger partial charge is 0.195 e. The van der Waals surface area contributed by atoms with E-state index in [9.17, 15) is 0 Å². The van der Waals surface area contributed by atoms with Crippen molar-refractivity contribution in [2.45, 2.75) is 57.6 Å². The minimum Gasteiger partial charge on any atom is -0.376 e. The Kier molecular flexibility index (Phi) is 4.15. The van der Waals surface area contributed by atoms with Gasteiger partial charge in [0.1, 0.15) is 0 Å².